The molecule has 1 aliphatic rings. The topological polar surface area (TPSA) is 72.5 Å². The maximum atomic E-state index is 12.5. The SMILES string of the molecule is COc1ccc(Cl)cc1NC(=O)c1cncc(NCC2CCCO2)c1. The number of anilines is 2. The second kappa shape index (κ2) is 8.18. The number of aromatic nitrogens is 1. The van der Waals surface area contributed by atoms with Crippen LogP contribution in [0.15, 0.2) is 36.7 Å². The second-order valence-electron chi connectivity index (χ2n) is 5.78. The predicted molar refractivity (Wildman–Crippen MR) is 97.7 cm³/mol. The number of benzene rings is 1. The number of carbonyl (C=O) groups is 1. The van der Waals surface area contributed by atoms with E-state index >= 15 is 0 Å². The standard InChI is InChI=1S/C18H20ClN3O3/c1-24-17-5-4-13(19)8-16(17)22-18(23)12-7-14(10-20-9-12)21-11-15-3-2-6-25-15/h4-5,7-10,15,21H,2-3,6,11H2,1H3,(H,22,23). The van der Waals surface area contributed by atoms with Crippen molar-refractivity contribution in [2.45, 2.75) is 18.9 Å². The average Bonchev–Trinajstić information content (AvgIpc) is 3.14. The van der Waals surface area contributed by atoms with Gasteiger partial charge in [0.25, 0.3) is 5.91 Å². The van der Waals surface area contributed by atoms with Crippen LogP contribution < -0.4 is 15.4 Å². The van der Waals surface area contributed by atoms with Crippen LogP contribution in [-0.2, 0) is 4.74 Å². The molecular weight excluding hydrogens is 342 g/mol. The molecular formula is C18H20ClN3O3. The number of hydrogen-bond donors (Lipinski definition) is 2. The van der Waals surface area contributed by atoms with Gasteiger partial charge in [0.05, 0.1) is 30.2 Å². The summed E-state index contributed by atoms with van der Waals surface area (Å²) in [4.78, 5) is 16.6. The molecule has 1 atom stereocenters. The van der Waals surface area contributed by atoms with Crippen molar-refractivity contribution in [2.75, 3.05) is 30.9 Å². The zero-order valence-corrected chi connectivity index (χ0v) is 14.7. The summed E-state index contributed by atoms with van der Waals surface area (Å²) in [5, 5.41) is 6.58. The van der Waals surface area contributed by atoms with Gasteiger partial charge in [0.2, 0.25) is 0 Å². The predicted octanol–water partition coefficient (Wildman–Crippen LogP) is 3.59. The minimum absolute atomic E-state index is 0.216. The van der Waals surface area contributed by atoms with Crippen molar-refractivity contribution in [3.63, 3.8) is 0 Å². The molecule has 1 aromatic heterocycles. The average molecular weight is 362 g/mol. The Hall–Kier alpha value is -2.31. The number of ether oxygens (including phenoxy) is 2. The van der Waals surface area contributed by atoms with Crippen molar-refractivity contribution in [2.24, 2.45) is 0 Å². The quantitative estimate of drug-likeness (QED) is 0.822. The lowest BCUT2D eigenvalue weighted by Gasteiger charge is -2.13. The summed E-state index contributed by atoms with van der Waals surface area (Å²) in [5.41, 5.74) is 1.73. The fraction of sp³-hybridized carbons (Fsp3) is 0.333. The number of nitrogens with zero attached hydrogens (tertiary/aromatic N) is 1. The van der Waals surface area contributed by atoms with E-state index in [2.05, 4.69) is 15.6 Å². The van der Waals surface area contributed by atoms with Crippen LogP contribution in [0.1, 0.15) is 23.2 Å². The zero-order valence-electron chi connectivity index (χ0n) is 13.9. The number of methoxy groups -OCH3 is 1. The first-order valence-electron chi connectivity index (χ1n) is 8.11. The number of amides is 1. The molecule has 0 radical (unpaired) electrons. The summed E-state index contributed by atoms with van der Waals surface area (Å²) in [7, 11) is 1.54. The largest absolute Gasteiger partial charge is 0.495 e. The first-order valence-corrected chi connectivity index (χ1v) is 8.49. The van der Waals surface area contributed by atoms with E-state index in [0.717, 1.165) is 25.1 Å². The molecule has 1 fully saturated rings. The van der Waals surface area contributed by atoms with Gasteiger partial charge in [-0.1, -0.05) is 11.6 Å². The van der Waals surface area contributed by atoms with Crippen molar-refractivity contribution >= 4 is 28.9 Å². The van der Waals surface area contributed by atoms with Crippen LogP contribution in [0, 0.1) is 0 Å². The maximum Gasteiger partial charge on any atom is 0.257 e. The lowest BCUT2D eigenvalue weighted by Crippen LogP contribution is -2.19. The van der Waals surface area contributed by atoms with Crippen LogP contribution in [0.2, 0.25) is 5.02 Å². The first-order chi connectivity index (χ1) is 12.2. The van der Waals surface area contributed by atoms with Crippen molar-refractivity contribution in [3.05, 3.63) is 47.2 Å². The third-order valence-corrected chi connectivity index (χ3v) is 4.20. The van der Waals surface area contributed by atoms with E-state index in [1.54, 1.807) is 30.5 Å². The molecule has 1 aromatic carbocycles. The molecule has 2 heterocycles. The number of hydrogen-bond acceptors (Lipinski definition) is 5. The van der Waals surface area contributed by atoms with Crippen LogP contribution in [-0.4, -0.2) is 37.3 Å². The van der Waals surface area contributed by atoms with Gasteiger partial charge >= 0.3 is 0 Å². The Bertz CT molecular complexity index is 748. The molecule has 3 rings (SSSR count). The van der Waals surface area contributed by atoms with E-state index in [4.69, 9.17) is 21.1 Å². The first kappa shape index (κ1) is 17.5. The van der Waals surface area contributed by atoms with E-state index in [1.165, 1.54) is 13.3 Å². The molecule has 1 aliphatic heterocycles. The molecule has 1 saturated heterocycles. The van der Waals surface area contributed by atoms with Gasteiger partial charge in [-0.15, -0.1) is 0 Å². The highest BCUT2D eigenvalue weighted by molar-refractivity contribution is 6.31. The lowest BCUT2D eigenvalue weighted by molar-refractivity contribution is 0.102. The highest BCUT2D eigenvalue weighted by atomic mass is 35.5. The molecule has 1 unspecified atom stereocenters. The summed E-state index contributed by atoms with van der Waals surface area (Å²) in [6.45, 7) is 1.52. The Labute approximate surface area is 151 Å². The minimum atomic E-state index is -0.283. The molecule has 0 saturated carbocycles. The Balaban J connectivity index is 1.67. The second-order valence-corrected chi connectivity index (χ2v) is 6.21. The molecule has 0 bridgehead atoms. The smallest absolute Gasteiger partial charge is 0.257 e. The molecule has 2 aromatic rings. The minimum Gasteiger partial charge on any atom is -0.495 e. The van der Waals surface area contributed by atoms with Crippen molar-refractivity contribution in [1.82, 2.24) is 4.98 Å². The fourth-order valence-electron chi connectivity index (χ4n) is 2.67. The highest BCUT2D eigenvalue weighted by Gasteiger charge is 2.15. The summed E-state index contributed by atoms with van der Waals surface area (Å²) in [5.74, 6) is 0.257. The number of pyridine rings is 1. The molecule has 7 heteroatoms. The van der Waals surface area contributed by atoms with Gasteiger partial charge in [0.15, 0.2) is 0 Å². The molecule has 0 spiro atoms. The monoisotopic (exact) mass is 361 g/mol. The van der Waals surface area contributed by atoms with Crippen LogP contribution >= 0.6 is 11.6 Å². The molecule has 6 nitrogen and oxygen atoms in total. The van der Waals surface area contributed by atoms with Gasteiger partial charge in [0.1, 0.15) is 5.75 Å². The molecule has 1 amide bonds. The maximum absolute atomic E-state index is 12.5. The number of nitrogens with one attached hydrogen (secondary N) is 2. The molecule has 25 heavy (non-hydrogen) atoms. The Morgan fingerprint density at radius 1 is 1.40 bits per heavy atom. The van der Waals surface area contributed by atoms with E-state index in [-0.39, 0.29) is 12.0 Å². The van der Waals surface area contributed by atoms with Crippen LogP contribution in [0.3, 0.4) is 0 Å². The van der Waals surface area contributed by atoms with E-state index in [9.17, 15) is 4.79 Å². The van der Waals surface area contributed by atoms with E-state index < -0.39 is 0 Å². The van der Waals surface area contributed by atoms with Gasteiger partial charge in [-0.3, -0.25) is 9.78 Å². The number of halogens is 1. The number of rotatable bonds is 6. The van der Waals surface area contributed by atoms with Gasteiger partial charge in [-0.05, 0) is 37.1 Å². The Morgan fingerprint density at radius 3 is 3.04 bits per heavy atom. The van der Waals surface area contributed by atoms with Crippen LogP contribution in [0.4, 0.5) is 11.4 Å². The number of carbonyl (C=O) groups excluding carboxylic acids is 1. The molecule has 2 N–H and O–H groups in total. The van der Waals surface area contributed by atoms with Crippen molar-refractivity contribution in [1.29, 1.82) is 0 Å². The Morgan fingerprint density at radius 2 is 2.28 bits per heavy atom. The van der Waals surface area contributed by atoms with Crippen molar-refractivity contribution < 1.29 is 14.3 Å². The summed E-state index contributed by atoms with van der Waals surface area (Å²) >= 11 is 5.99. The summed E-state index contributed by atoms with van der Waals surface area (Å²) < 4.78 is 10.8. The van der Waals surface area contributed by atoms with E-state index in [0.29, 0.717) is 28.6 Å². The third-order valence-electron chi connectivity index (χ3n) is 3.97. The Kier molecular flexibility index (Phi) is 5.73. The van der Waals surface area contributed by atoms with Gasteiger partial charge in [-0.2, -0.15) is 0 Å². The molecule has 0 aliphatic carbocycles. The fourth-order valence-corrected chi connectivity index (χ4v) is 2.84. The van der Waals surface area contributed by atoms with Gasteiger partial charge < -0.3 is 20.1 Å². The van der Waals surface area contributed by atoms with Gasteiger partial charge in [-0.25, -0.2) is 0 Å². The van der Waals surface area contributed by atoms with Gasteiger partial charge in [0, 0.05) is 30.6 Å². The highest BCUT2D eigenvalue weighted by Crippen LogP contribution is 2.28. The van der Waals surface area contributed by atoms with Crippen molar-refractivity contribution in [3.8, 4) is 5.75 Å². The normalized spacial score (nSPS) is 16.5. The lowest BCUT2D eigenvalue weighted by atomic mass is 10.2. The molecule has 132 valence electrons. The van der Waals surface area contributed by atoms with Crippen LogP contribution in [0.5, 0.6) is 5.75 Å². The summed E-state index contributed by atoms with van der Waals surface area (Å²) in [6.07, 6.45) is 5.56. The summed E-state index contributed by atoms with van der Waals surface area (Å²) in [6, 6.07) is 6.81. The third kappa shape index (κ3) is 4.61. The van der Waals surface area contributed by atoms with Crippen LogP contribution in [0.25, 0.3) is 0 Å². The van der Waals surface area contributed by atoms with E-state index in [1.807, 2.05) is 0 Å². The zero-order chi connectivity index (χ0) is 17.6.